The molecule has 0 radical (unpaired) electrons. The molecule has 1 aliphatic rings. The summed E-state index contributed by atoms with van der Waals surface area (Å²) < 4.78 is 2.04. The van der Waals surface area contributed by atoms with Gasteiger partial charge in [0.25, 0.3) is 0 Å². The number of hydrogen-bond acceptors (Lipinski definition) is 3. The molecular weight excluding hydrogens is 360 g/mol. The summed E-state index contributed by atoms with van der Waals surface area (Å²) in [6.07, 6.45) is 5.17. The van der Waals surface area contributed by atoms with Crippen molar-refractivity contribution in [2.24, 2.45) is 10.9 Å². The van der Waals surface area contributed by atoms with Crippen LogP contribution >= 0.6 is 0 Å². The number of fused-ring (bicyclic) bond motifs is 1. The Kier molecular flexibility index (Phi) is 6.08. The molecule has 1 aromatic carbocycles. The van der Waals surface area contributed by atoms with Crippen LogP contribution in [0.25, 0.3) is 5.65 Å². The van der Waals surface area contributed by atoms with Crippen molar-refractivity contribution >= 4 is 11.6 Å². The molecule has 3 aromatic rings. The molecule has 3 heterocycles. The standard InChI is InChI=1S/C23H30N6/c1-3-18-17-28(16-13-20(18)19-9-5-4-6-10-19)23(24-2)25-14-12-22-27-26-21-11-7-8-15-29(21)22/h4-11,15,18,20H,3,12-14,16-17H2,1-2H3,(H,24,25). The molecule has 29 heavy (non-hydrogen) atoms. The molecule has 2 unspecified atom stereocenters. The van der Waals surface area contributed by atoms with Crippen LogP contribution in [0.1, 0.15) is 37.1 Å². The fourth-order valence-electron chi connectivity index (χ4n) is 4.46. The van der Waals surface area contributed by atoms with Gasteiger partial charge in [-0.15, -0.1) is 10.2 Å². The minimum absolute atomic E-state index is 0.637. The highest BCUT2D eigenvalue weighted by atomic mass is 15.3. The van der Waals surface area contributed by atoms with Crippen molar-refractivity contribution in [3.8, 4) is 0 Å². The minimum atomic E-state index is 0.637. The first kappa shape index (κ1) is 19.4. The summed E-state index contributed by atoms with van der Waals surface area (Å²) in [7, 11) is 1.87. The van der Waals surface area contributed by atoms with Gasteiger partial charge in [0.15, 0.2) is 11.6 Å². The SMILES string of the molecule is CCC1CN(C(=NC)NCCc2nnc3ccccn23)CCC1c1ccccc1. The first-order valence-electron chi connectivity index (χ1n) is 10.6. The summed E-state index contributed by atoms with van der Waals surface area (Å²) in [6, 6.07) is 16.9. The minimum Gasteiger partial charge on any atom is -0.356 e. The maximum atomic E-state index is 4.55. The van der Waals surface area contributed by atoms with Gasteiger partial charge in [-0.1, -0.05) is 49.7 Å². The Morgan fingerprint density at radius 1 is 1.14 bits per heavy atom. The predicted molar refractivity (Wildman–Crippen MR) is 117 cm³/mol. The Morgan fingerprint density at radius 3 is 2.76 bits per heavy atom. The van der Waals surface area contributed by atoms with Crippen molar-refractivity contribution in [3.63, 3.8) is 0 Å². The van der Waals surface area contributed by atoms with Crippen LogP contribution in [-0.4, -0.2) is 52.1 Å². The second-order valence-corrected chi connectivity index (χ2v) is 7.69. The Morgan fingerprint density at radius 2 is 1.97 bits per heavy atom. The van der Waals surface area contributed by atoms with E-state index < -0.39 is 0 Å². The number of piperidine rings is 1. The Balaban J connectivity index is 1.36. The average molecular weight is 391 g/mol. The summed E-state index contributed by atoms with van der Waals surface area (Å²) >= 11 is 0. The zero-order valence-electron chi connectivity index (χ0n) is 17.3. The van der Waals surface area contributed by atoms with E-state index >= 15 is 0 Å². The summed E-state index contributed by atoms with van der Waals surface area (Å²) in [5.41, 5.74) is 2.36. The Labute approximate surface area is 172 Å². The molecule has 0 spiro atoms. The lowest BCUT2D eigenvalue weighted by Crippen LogP contribution is -2.48. The number of aromatic nitrogens is 3. The number of benzene rings is 1. The van der Waals surface area contributed by atoms with Gasteiger partial charge in [0, 0.05) is 39.3 Å². The maximum absolute atomic E-state index is 4.55. The smallest absolute Gasteiger partial charge is 0.193 e. The number of nitrogens with one attached hydrogen (secondary N) is 1. The highest BCUT2D eigenvalue weighted by molar-refractivity contribution is 5.80. The van der Waals surface area contributed by atoms with Crippen LogP contribution in [0.2, 0.25) is 0 Å². The molecule has 1 N–H and O–H groups in total. The van der Waals surface area contributed by atoms with Gasteiger partial charge in [-0.2, -0.15) is 0 Å². The van der Waals surface area contributed by atoms with E-state index in [0.717, 1.165) is 49.9 Å². The van der Waals surface area contributed by atoms with Crippen LogP contribution < -0.4 is 5.32 Å². The predicted octanol–water partition coefficient (Wildman–Crippen LogP) is 3.36. The zero-order valence-corrected chi connectivity index (χ0v) is 17.3. The molecule has 1 aliphatic heterocycles. The number of pyridine rings is 1. The van der Waals surface area contributed by atoms with Crippen molar-refractivity contribution in [2.75, 3.05) is 26.7 Å². The van der Waals surface area contributed by atoms with Crippen molar-refractivity contribution in [3.05, 3.63) is 66.1 Å². The molecule has 4 rings (SSSR count). The van der Waals surface area contributed by atoms with Gasteiger partial charge in [-0.3, -0.25) is 9.39 Å². The van der Waals surface area contributed by atoms with Crippen LogP contribution in [0, 0.1) is 5.92 Å². The summed E-state index contributed by atoms with van der Waals surface area (Å²) in [5, 5.41) is 12.1. The monoisotopic (exact) mass is 390 g/mol. The third-order valence-corrected chi connectivity index (χ3v) is 6.01. The molecule has 0 aliphatic carbocycles. The van der Waals surface area contributed by atoms with E-state index in [2.05, 4.69) is 62.7 Å². The van der Waals surface area contributed by atoms with Gasteiger partial charge in [0.1, 0.15) is 5.82 Å². The van der Waals surface area contributed by atoms with E-state index in [1.165, 1.54) is 12.0 Å². The molecule has 6 nitrogen and oxygen atoms in total. The fraction of sp³-hybridized carbons (Fsp3) is 0.435. The summed E-state index contributed by atoms with van der Waals surface area (Å²) in [5.74, 6) is 3.24. The number of guanidine groups is 1. The summed E-state index contributed by atoms with van der Waals surface area (Å²) in [6.45, 7) is 5.17. The largest absolute Gasteiger partial charge is 0.356 e. The lowest BCUT2D eigenvalue weighted by atomic mass is 9.79. The molecular formula is C23H30N6. The highest BCUT2D eigenvalue weighted by Crippen LogP contribution is 2.34. The lowest BCUT2D eigenvalue weighted by Gasteiger charge is -2.40. The zero-order chi connectivity index (χ0) is 20.1. The molecule has 6 heteroatoms. The van der Waals surface area contributed by atoms with Gasteiger partial charge in [-0.25, -0.2) is 0 Å². The van der Waals surface area contributed by atoms with E-state index in [4.69, 9.17) is 0 Å². The molecule has 2 aromatic heterocycles. The maximum Gasteiger partial charge on any atom is 0.193 e. The molecule has 0 amide bonds. The van der Waals surface area contributed by atoms with Crippen molar-refractivity contribution < 1.29 is 0 Å². The van der Waals surface area contributed by atoms with Crippen LogP contribution in [0.15, 0.2) is 59.7 Å². The number of aliphatic imine (C=N–C) groups is 1. The summed E-state index contributed by atoms with van der Waals surface area (Å²) in [4.78, 5) is 6.96. The first-order chi connectivity index (χ1) is 14.3. The quantitative estimate of drug-likeness (QED) is 0.536. The second-order valence-electron chi connectivity index (χ2n) is 7.69. The fourth-order valence-corrected chi connectivity index (χ4v) is 4.46. The molecule has 0 saturated carbocycles. The van der Waals surface area contributed by atoms with Gasteiger partial charge in [0.05, 0.1) is 0 Å². The van der Waals surface area contributed by atoms with E-state index in [1.54, 1.807) is 0 Å². The van der Waals surface area contributed by atoms with Crippen molar-refractivity contribution in [1.29, 1.82) is 0 Å². The topological polar surface area (TPSA) is 57.8 Å². The highest BCUT2D eigenvalue weighted by Gasteiger charge is 2.30. The molecule has 1 saturated heterocycles. The lowest BCUT2D eigenvalue weighted by molar-refractivity contribution is 0.216. The van der Waals surface area contributed by atoms with Crippen LogP contribution in [-0.2, 0) is 6.42 Å². The van der Waals surface area contributed by atoms with Gasteiger partial charge in [-0.05, 0) is 36.0 Å². The van der Waals surface area contributed by atoms with E-state index in [-0.39, 0.29) is 0 Å². The molecule has 0 bridgehead atoms. The van der Waals surface area contributed by atoms with Gasteiger partial charge >= 0.3 is 0 Å². The number of hydrogen-bond donors (Lipinski definition) is 1. The van der Waals surface area contributed by atoms with Gasteiger partial charge in [0.2, 0.25) is 0 Å². The number of nitrogens with zero attached hydrogens (tertiary/aromatic N) is 5. The van der Waals surface area contributed by atoms with E-state index in [9.17, 15) is 0 Å². The van der Waals surface area contributed by atoms with Crippen molar-refractivity contribution in [2.45, 2.75) is 32.1 Å². The van der Waals surface area contributed by atoms with E-state index in [0.29, 0.717) is 11.8 Å². The van der Waals surface area contributed by atoms with Gasteiger partial charge < -0.3 is 10.2 Å². The Hall–Kier alpha value is -2.89. The van der Waals surface area contributed by atoms with Crippen molar-refractivity contribution in [1.82, 2.24) is 24.8 Å². The third kappa shape index (κ3) is 4.26. The van der Waals surface area contributed by atoms with E-state index in [1.807, 2.05) is 35.8 Å². The average Bonchev–Trinajstić information content (AvgIpc) is 3.20. The third-order valence-electron chi connectivity index (χ3n) is 6.01. The molecule has 1 fully saturated rings. The second kappa shape index (κ2) is 9.07. The molecule has 2 atom stereocenters. The normalized spacial score (nSPS) is 20.2. The first-order valence-corrected chi connectivity index (χ1v) is 10.6. The Bertz CT molecular complexity index is 948. The van der Waals surface area contributed by atoms with Crippen LogP contribution in [0.3, 0.4) is 0 Å². The molecule has 152 valence electrons. The number of rotatable bonds is 5. The van der Waals surface area contributed by atoms with Crippen LogP contribution in [0.4, 0.5) is 0 Å². The number of likely N-dealkylation sites (tertiary alicyclic amines) is 1. The van der Waals surface area contributed by atoms with Crippen LogP contribution in [0.5, 0.6) is 0 Å².